The Hall–Kier alpha value is -2.00. The number of amides is 3. The molecule has 0 aromatic carbocycles. The van der Waals surface area contributed by atoms with Crippen LogP contribution in [0.1, 0.15) is 32.4 Å². The number of thiazole rings is 1. The Kier molecular flexibility index (Phi) is 8.67. The van der Waals surface area contributed by atoms with Crippen LogP contribution in [-0.2, 0) is 30.9 Å². The summed E-state index contributed by atoms with van der Waals surface area (Å²) >= 11 is 1.23. The molecule has 1 rings (SSSR count). The molecule has 0 unspecified atom stereocenters. The number of hydrogen-bond acceptors (Lipinski definition) is 9. The van der Waals surface area contributed by atoms with Gasteiger partial charge in [-0.15, -0.1) is 15.6 Å². The molecule has 0 saturated heterocycles. The van der Waals surface area contributed by atoms with Crippen LogP contribution in [0.25, 0.3) is 0 Å². The molecule has 1 aromatic heterocycles. The van der Waals surface area contributed by atoms with Crippen LogP contribution in [0.5, 0.6) is 0 Å². The molecule has 14 heteroatoms. The van der Waals surface area contributed by atoms with Crippen LogP contribution in [-0.4, -0.2) is 47.4 Å². The minimum absolute atomic E-state index is 0.0114. The van der Waals surface area contributed by atoms with Crippen LogP contribution in [0.4, 0.5) is 9.93 Å². The third-order valence-electron chi connectivity index (χ3n) is 3.04. The van der Waals surface area contributed by atoms with Gasteiger partial charge in [0.05, 0.1) is 5.69 Å². The predicted octanol–water partition coefficient (Wildman–Crippen LogP) is 0.208. The van der Waals surface area contributed by atoms with Gasteiger partial charge in [-0.2, -0.15) is 13.9 Å². The Bertz CT molecular complexity index is 709. The van der Waals surface area contributed by atoms with Crippen molar-refractivity contribution in [2.45, 2.75) is 39.3 Å². The van der Waals surface area contributed by atoms with Gasteiger partial charge in [0.1, 0.15) is 12.6 Å². The van der Waals surface area contributed by atoms with Crippen LogP contribution in [0.2, 0.25) is 0 Å². The van der Waals surface area contributed by atoms with Gasteiger partial charge < -0.3 is 10.6 Å². The van der Waals surface area contributed by atoms with Crippen molar-refractivity contribution in [3.63, 3.8) is 0 Å². The molecule has 0 bridgehead atoms. The third kappa shape index (κ3) is 7.49. The number of likely N-dealkylation sites (N-methyl/N-ethyl adjacent to an activating group) is 1. The molecule has 0 aliphatic heterocycles. The smallest absolute Gasteiger partial charge is 0.375 e. The van der Waals surface area contributed by atoms with E-state index in [-0.39, 0.29) is 19.6 Å². The Morgan fingerprint density at radius 3 is 2.62 bits per heavy atom. The maximum absolute atomic E-state index is 12.3. The molecule has 0 saturated carbocycles. The van der Waals surface area contributed by atoms with E-state index in [9.17, 15) is 18.0 Å². The zero-order valence-corrected chi connectivity index (χ0v) is 15.8. The minimum atomic E-state index is -4.86. The zero-order valence-electron chi connectivity index (χ0n) is 14.2. The lowest BCUT2D eigenvalue weighted by Gasteiger charge is -2.29. The summed E-state index contributed by atoms with van der Waals surface area (Å²) in [4.78, 5) is 34.4. The van der Waals surface area contributed by atoms with Crippen molar-refractivity contribution >= 4 is 38.8 Å². The highest BCUT2D eigenvalue weighted by Crippen LogP contribution is 2.12. The van der Waals surface area contributed by atoms with Crippen molar-refractivity contribution in [3.05, 3.63) is 11.1 Å². The highest BCUT2D eigenvalue weighted by atomic mass is 32.3. The number of nitrogen functional groups attached to an aromatic ring is 1. The van der Waals surface area contributed by atoms with Gasteiger partial charge in [0.15, 0.2) is 5.13 Å². The van der Waals surface area contributed by atoms with Gasteiger partial charge in [0.2, 0.25) is 0 Å². The van der Waals surface area contributed by atoms with Crippen molar-refractivity contribution in [1.29, 1.82) is 0 Å². The molecule has 0 aliphatic carbocycles. The third-order valence-corrected chi connectivity index (χ3v) is 4.06. The van der Waals surface area contributed by atoms with Gasteiger partial charge in [-0.3, -0.25) is 14.2 Å². The standard InChI is InChI=1S/C12H21N5O7S2/c1-3-5-9(17(4-2)12(19)16-24-26(20,21)22)10(18)15-23-6-8-7-25-11(13)14-8/h7,9H,3-6H2,1-2H3,(H2,13,14)(H,15,18)(H,16,19)(H,20,21,22)/t9-/m0/s1. The van der Waals surface area contributed by atoms with Gasteiger partial charge in [0, 0.05) is 11.9 Å². The summed E-state index contributed by atoms with van der Waals surface area (Å²) in [5.41, 5.74) is 9.80. The Balaban J connectivity index is 2.66. The maximum Gasteiger partial charge on any atom is 0.418 e. The highest BCUT2D eigenvalue weighted by Gasteiger charge is 2.29. The molecule has 0 fully saturated rings. The average molecular weight is 411 g/mol. The second kappa shape index (κ2) is 10.2. The molecule has 26 heavy (non-hydrogen) atoms. The minimum Gasteiger partial charge on any atom is -0.375 e. The first-order valence-electron chi connectivity index (χ1n) is 7.51. The van der Waals surface area contributed by atoms with Crippen molar-refractivity contribution < 1.29 is 31.7 Å². The van der Waals surface area contributed by atoms with Crippen LogP contribution in [0.15, 0.2) is 5.38 Å². The van der Waals surface area contributed by atoms with E-state index in [1.165, 1.54) is 11.3 Å². The molecular weight excluding hydrogens is 390 g/mol. The molecule has 0 spiro atoms. The summed E-state index contributed by atoms with van der Waals surface area (Å²) in [6, 6.07) is -1.96. The number of hydrogen-bond donors (Lipinski definition) is 4. The van der Waals surface area contributed by atoms with Crippen molar-refractivity contribution in [1.82, 2.24) is 20.8 Å². The number of hydroxylamine groups is 2. The van der Waals surface area contributed by atoms with Crippen LogP contribution >= 0.6 is 11.3 Å². The molecule has 1 atom stereocenters. The predicted molar refractivity (Wildman–Crippen MR) is 91.7 cm³/mol. The van der Waals surface area contributed by atoms with E-state index >= 15 is 0 Å². The van der Waals surface area contributed by atoms with Crippen molar-refractivity contribution in [3.8, 4) is 0 Å². The summed E-state index contributed by atoms with van der Waals surface area (Å²) in [5.74, 6) is -0.612. The number of aromatic nitrogens is 1. The maximum atomic E-state index is 12.3. The topological polar surface area (TPSA) is 173 Å². The average Bonchev–Trinajstić information content (AvgIpc) is 2.97. The zero-order chi connectivity index (χ0) is 19.7. The van der Waals surface area contributed by atoms with E-state index in [4.69, 9.17) is 15.1 Å². The number of rotatable bonds is 10. The number of nitrogens with zero attached hydrogens (tertiary/aromatic N) is 2. The first kappa shape index (κ1) is 22.0. The normalized spacial score (nSPS) is 12.4. The molecule has 0 aliphatic rings. The SMILES string of the molecule is CCC[C@@H](C(=O)NOCc1csc(N)n1)N(CC)C(=O)NOS(=O)(=O)O. The van der Waals surface area contributed by atoms with Gasteiger partial charge >= 0.3 is 16.4 Å². The Morgan fingerprint density at radius 2 is 2.12 bits per heavy atom. The first-order chi connectivity index (χ1) is 12.2. The largest absolute Gasteiger partial charge is 0.418 e. The molecule has 12 nitrogen and oxygen atoms in total. The highest BCUT2D eigenvalue weighted by molar-refractivity contribution is 7.80. The Morgan fingerprint density at radius 1 is 1.42 bits per heavy atom. The number of urea groups is 1. The van der Waals surface area contributed by atoms with Gasteiger partial charge in [0.25, 0.3) is 5.91 Å². The lowest BCUT2D eigenvalue weighted by molar-refractivity contribution is -0.139. The van der Waals surface area contributed by atoms with Gasteiger partial charge in [-0.1, -0.05) is 13.3 Å². The molecule has 1 heterocycles. The second-order valence-corrected chi connectivity index (χ2v) is 6.85. The number of carbonyl (C=O) groups excluding carboxylic acids is 2. The molecule has 0 radical (unpaired) electrons. The van der Waals surface area contributed by atoms with E-state index in [0.717, 1.165) is 4.90 Å². The number of carbonyl (C=O) groups is 2. The van der Waals surface area contributed by atoms with Crippen LogP contribution in [0, 0.1) is 0 Å². The van der Waals surface area contributed by atoms with Gasteiger partial charge in [-0.05, 0) is 13.3 Å². The summed E-state index contributed by atoms with van der Waals surface area (Å²) in [6.45, 7) is 3.45. The summed E-state index contributed by atoms with van der Waals surface area (Å²) in [5, 5.41) is 2.04. The molecule has 148 valence electrons. The lowest BCUT2D eigenvalue weighted by Crippen LogP contribution is -2.52. The summed E-state index contributed by atoms with van der Waals surface area (Å²) in [6.07, 6.45) is 0.843. The summed E-state index contributed by atoms with van der Waals surface area (Å²) in [7, 11) is -4.86. The summed E-state index contributed by atoms with van der Waals surface area (Å²) < 4.78 is 33.4. The monoisotopic (exact) mass is 411 g/mol. The van der Waals surface area contributed by atoms with Gasteiger partial charge in [-0.25, -0.2) is 15.3 Å². The van der Waals surface area contributed by atoms with E-state index in [0.29, 0.717) is 17.2 Å². The fourth-order valence-electron chi connectivity index (χ4n) is 1.99. The molecule has 1 aromatic rings. The molecule has 5 N–H and O–H groups in total. The fraction of sp³-hybridized carbons (Fsp3) is 0.583. The van der Waals surface area contributed by atoms with Crippen molar-refractivity contribution in [2.24, 2.45) is 0 Å². The number of nitrogens with two attached hydrogens (primary N) is 1. The van der Waals surface area contributed by atoms with Crippen molar-refractivity contribution in [2.75, 3.05) is 12.3 Å². The molecule has 3 amide bonds. The van der Waals surface area contributed by atoms with E-state index in [1.807, 2.05) is 0 Å². The van der Waals surface area contributed by atoms with Crippen LogP contribution in [0.3, 0.4) is 0 Å². The van der Waals surface area contributed by atoms with E-state index < -0.39 is 28.4 Å². The first-order valence-corrected chi connectivity index (χ1v) is 9.76. The fourth-order valence-corrected chi connectivity index (χ4v) is 2.72. The van der Waals surface area contributed by atoms with E-state index in [1.54, 1.807) is 24.7 Å². The quantitative estimate of drug-likeness (QED) is 0.310. The number of nitrogens with one attached hydrogen (secondary N) is 2. The number of anilines is 1. The Labute approximate surface area is 154 Å². The lowest BCUT2D eigenvalue weighted by atomic mass is 10.1. The second-order valence-electron chi connectivity index (χ2n) is 4.94. The van der Waals surface area contributed by atoms with E-state index in [2.05, 4.69) is 14.7 Å². The molecular formula is C12H21N5O7S2. The van der Waals surface area contributed by atoms with Crippen LogP contribution < -0.4 is 16.7 Å².